The molecular weight excluding hydrogens is 553 g/mol. The maximum Gasteiger partial charge on any atom is 0.411 e. The first-order chi connectivity index (χ1) is 19.5. The third-order valence-corrected chi connectivity index (χ3v) is 11.1. The SMILES string of the molecule is CCS(=O)(=O)NC1CCC(CN2CCC3(CC2)CCN(c2nc(C(NC)C(F)(F)F)nc4ccccc24)CC3)CC1. The van der Waals surface area contributed by atoms with E-state index in [9.17, 15) is 21.6 Å². The van der Waals surface area contributed by atoms with Crippen LogP contribution >= 0.6 is 0 Å². The van der Waals surface area contributed by atoms with Crippen LogP contribution in [0.2, 0.25) is 0 Å². The van der Waals surface area contributed by atoms with E-state index in [4.69, 9.17) is 0 Å². The first-order valence-corrected chi connectivity index (χ1v) is 16.6. The van der Waals surface area contributed by atoms with Crippen LogP contribution in [-0.4, -0.2) is 81.0 Å². The summed E-state index contributed by atoms with van der Waals surface area (Å²) in [6.07, 6.45) is 3.74. The number of fused-ring (bicyclic) bond motifs is 1. The molecule has 1 aromatic carbocycles. The maximum atomic E-state index is 13.7. The van der Waals surface area contributed by atoms with Crippen molar-refractivity contribution in [3.8, 4) is 0 Å². The highest BCUT2D eigenvalue weighted by atomic mass is 32.2. The summed E-state index contributed by atoms with van der Waals surface area (Å²) in [5.41, 5.74) is 0.802. The molecule has 41 heavy (non-hydrogen) atoms. The van der Waals surface area contributed by atoms with E-state index in [1.807, 2.05) is 12.1 Å². The number of rotatable bonds is 8. The van der Waals surface area contributed by atoms with Gasteiger partial charge < -0.3 is 15.1 Å². The van der Waals surface area contributed by atoms with Gasteiger partial charge in [-0.2, -0.15) is 13.2 Å². The molecule has 2 saturated heterocycles. The second-order valence-electron chi connectivity index (χ2n) is 12.2. The van der Waals surface area contributed by atoms with Gasteiger partial charge in [0.25, 0.3) is 0 Å². The van der Waals surface area contributed by atoms with Crippen molar-refractivity contribution in [2.75, 3.05) is 50.4 Å². The zero-order valence-corrected chi connectivity index (χ0v) is 24.9. The normalized spacial score (nSPS) is 25.0. The van der Waals surface area contributed by atoms with Crippen molar-refractivity contribution >= 4 is 26.7 Å². The van der Waals surface area contributed by atoms with Crippen LogP contribution in [0.5, 0.6) is 0 Å². The van der Waals surface area contributed by atoms with Gasteiger partial charge in [0.05, 0.1) is 11.3 Å². The highest BCUT2D eigenvalue weighted by Gasteiger charge is 2.43. The third-order valence-electron chi connectivity index (χ3n) is 9.60. The minimum atomic E-state index is -4.49. The van der Waals surface area contributed by atoms with Crippen LogP contribution in [-0.2, 0) is 10.0 Å². The molecule has 1 saturated carbocycles. The summed E-state index contributed by atoms with van der Waals surface area (Å²) >= 11 is 0. The second kappa shape index (κ2) is 12.3. The Bertz CT molecular complexity index is 1280. The quantitative estimate of drug-likeness (QED) is 0.459. The highest BCUT2D eigenvalue weighted by molar-refractivity contribution is 7.89. The van der Waals surface area contributed by atoms with Gasteiger partial charge in [-0.15, -0.1) is 0 Å². The van der Waals surface area contributed by atoms with Crippen molar-refractivity contribution in [2.24, 2.45) is 11.3 Å². The van der Waals surface area contributed by atoms with Crippen LogP contribution < -0.4 is 14.9 Å². The minimum Gasteiger partial charge on any atom is -0.356 e. The lowest BCUT2D eigenvalue weighted by Gasteiger charge is -2.48. The molecule has 3 heterocycles. The standard InChI is InChI=1S/C29H43F3N6O2S/c1-3-41(39,40)36-22-10-8-21(9-11-22)20-37-16-12-28(13-17-37)14-18-38(19-15-28)27-23-6-4-5-7-24(23)34-26(35-27)25(33-2)29(30,31)32/h4-7,21-22,25,33,36H,3,8-20H2,1-2H3. The molecule has 1 aliphatic carbocycles. The predicted octanol–water partition coefficient (Wildman–Crippen LogP) is 4.63. The van der Waals surface area contributed by atoms with Gasteiger partial charge in [-0.1, -0.05) is 12.1 Å². The number of piperidine rings is 2. The summed E-state index contributed by atoms with van der Waals surface area (Å²) in [4.78, 5) is 13.5. The largest absolute Gasteiger partial charge is 0.411 e. The molecule has 3 fully saturated rings. The zero-order chi connectivity index (χ0) is 29.3. The summed E-state index contributed by atoms with van der Waals surface area (Å²) in [5.74, 6) is 1.11. The number of nitrogens with one attached hydrogen (secondary N) is 2. The average molecular weight is 597 g/mol. The van der Waals surface area contributed by atoms with E-state index in [1.54, 1.807) is 19.1 Å². The molecule has 228 valence electrons. The Balaban J connectivity index is 1.17. The number of para-hydroxylation sites is 1. The Labute approximate surface area is 241 Å². The van der Waals surface area contributed by atoms with Gasteiger partial charge in [0.15, 0.2) is 11.9 Å². The summed E-state index contributed by atoms with van der Waals surface area (Å²) in [5, 5.41) is 3.13. The smallest absolute Gasteiger partial charge is 0.356 e. The number of sulfonamides is 1. The van der Waals surface area contributed by atoms with Crippen molar-refractivity contribution < 1.29 is 21.6 Å². The summed E-state index contributed by atoms with van der Waals surface area (Å²) < 4.78 is 67.7. The van der Waals surface area contributed by atoms with E-state index in [2.05, 4.69) is 29.8 Å². The molecule has 3 aliphatic rings. The Morgan fingerprint density at radius 2 is 1.63 bits per heavy atom. The highest BCUT2D eigenvalue weighted by Crippen LogP contribution is 2.43. The third kappa shape index (κ3) is 7.14. The number of likely N-dealkylation sites (tertiary alicyclic amines) is 1. The van der Waals surface area contributed by atoms with Gasteiger partial charge >= 0.3 is 6.18 Å². The van der Waals surface area contributed by atoms with Gasteiger partial charge in [-0.3, -0.25) is 0 Å². The fraction of sp³-hybridized carbons (Fsp3) is 0.724. The van der Waals surface area contributed by atoms with Gasteiger partial charge in [0.2, 0.25) is 10.0 Å². The van der Waals surface area contributed by atoms with E-state index >= 15 is 0 Å². The molecule has 1 atom stereocenters. The lowest BCUT2D eigenvalue weighted by molar-refractivity contribution is -0.158. The number of benzene rings is 1. The monoisotopic (exact) mass is 596 g/mol. The number of hydrogen-bond acceptors (Lipinski definition) is 7. The molecule has 2 N–H and O–H groups in total. The van der Waals surface area contributed by atoms with Crippen molar-refractivity contribution in [2.45, 2.75) is 76.6 Å². The summed E-state index contributed by atoms with van der Waals surface area (Å²) in [7, 11) is -1.86. The number of hydrogen-bond donors (Lipinski definition) is 2. The van der Waals surface area contributed by atoms with Gasteiger partial charge in [0.1, 0.15) is 5.82 Å². The maximum absolute atomic E-state index is 13.7. The molecule has 0 bridgehead atoms. The van der Waals surface area contributed by atoms with Crippen molar-refractivity contribution in [3.63, 3.8) is 0 Å². The molecule has 12 heteroatoms. The Morgan fingerprint density at radius 1 is 1.00 bits per heavy atom. The number of anilines is 1. The summed E-state index contributed by atoms with van der Waals surface area (Å²) in [6.45, 7) is 6.43. The predicted molar refractivity (Wildman–Crippen MR) is 155 cm³/mol. The molecule has 1 unspecified atom stereocenters. The molecule has 1 aromatic heterocycles. The van der Waals surface area contributed by atoms with Crippen LogP contribution in [0.3, 0.4) is 0 Å². The fourth-order valence-corrected chi connectivity index (χ4v) is 7.87. The summed E-state index contributed by atoms with van der Waals surface area (Å²) in [6, 6.07) is 5.48. The van der Waals surface area contributed by atoms with Crippen LogP contribution in [0.4, 0.5) is 19.0 Å². The van der Waals surface area contributed by atoms with Gasteiger partial charge in [0, 0.05) is 31.1 Å². The number of halogens is 3. The van der Waals surface area contributed by atoms with E-state index < -0.39 is 22.2 Å². The molecule has 0 amide bonds. The van der Waals surface area contributed by atoms with Crippen LogP contribution in [0.1, 0.15) is 70.2 Å². The van der Waals surface area contributed by atoms with Crippen molar-refractivity contribution in [1.29, 1.82) is 0 Å². The molecule has 8 nitrogen and oxygen atoms in total. The average Bonchev–Trinajstić information content (AvgIpc) is 2.95. The molecule has 5 rings (SSSR count). The number of alkyl halides is 3. The van der Waals surface area contributed by atoms with E-state index in [0.717, 1.165) is 89.5 Å². The minimum absolute atomic E-state index is 0.0756. The van der Waals surface area contributed by atoms with E-state index in [0.29, 0.717) is 17.3 Å². The van der Waals surface area contributed by atoms with Crippen LogP contribution in [0, 0.1) is 11.3 Å². The first kappa shape index (κ1) is 30.4. The first-order valence-electron chi connectivity index (χ1n) is 15.0. The lowest BCUT2D eigenvalue weighted by Crippen LogP contribution is -2.48. The fourth-order valence-electron chi connectivity index (χ4n) is 6.95. The Morgan fingerprint density at radius 3 is 2.24 bits per heavy atom. The number of nitrogens with zero attached hydrogens (tertiary/aromatic N) is 4. The van der Waals surface area contributed by atoms with Gasteiger partial charge in [-0.05, 0) is 102 Å². The molecule has 2 aromatic rings. The number of aromatic nitrogens is 2. The van der Waals surface area contributed by atoms with Crippen LogP contribution in [0.25, 0.3) is 10.9 Å². The molecular formula is C29H43F3N6O2S. The van der Waals surface area contributed by atoms with E-state index in [1.165, 1.54) is 7.05 Å². The Hall–Kier alpha value is -2.02. The van der Waals surface area contributed by atoms with Gasteiger partial charge in [-0.25, -0.2) is 23.1 Å². The second-order valence-corrected chi connectivity index (χ2v) is 14.3. The van der Waals surface area contributed by atoms with E-state index in [-0.39, 0.29) is 23.0 Å². The van der Waals surface area contributed by atoms with Crippen molar-refractivity contribution in [3.05, 3.63) is 30.1 Å². The van der Waals surface area contributed by atoms with Crippen molar-refractivity contribution in [1.82, 2.24) is 24.9 Å². The zero-order valence-electron chi connectivity index (χ0n) is 24.1. The topological polar surface area (TPSA) is 90.5 Å². The van der Waals surface area contributed by atoms with Crippen LogP contribution in [0.15, 0.2) is 24.3 Å². The molecule has 0 radical (unpaired) electrons. The lowest BCUT2D eigenvalue weighted by atomic mass is 9.71. The Kier molecular flexibility index (Phi) is 9.13. The molecule has 1 spiro atoms. The molecule has 2 aliphatic heterocycles.